The summed E-state index contributed by atoms with van der Waals surface area (Å²) in [6.45, 7) is 4.77. The number of piperazine rings is 1. The van der Waals surface area contributed by atoms with Crippen molar-refractivity contribution in [3.8, 4) is 0 Å². The van der Waals surface area contributed by atoms with Crippen molar-refractivity contribution in [3.05, 3.63) is 101 Å². The maximum absolute atomic E-state index is 13.0. The Morgan fingerprint density at radius 2 is 1.65 bits per heavy atom. The Balaban J connectivity index is 1.09. The molecule has 1 aliphatic heterocycles. The number of aromatic nitrogens is 4. The van der Waals surface area contributed by atoms with Crippen LogP contribution < -0.4 is 0 Å². The average Bonchev–Trinajstić information content (AvgIpc) is 3.30. The molecule has 0 unspecified atom stereocenters. The second kappa shape index (κ2) is 12.3. The third-order valence-corrected chi connectivity index (χ3v) is 8.48. The molecular weight excluding hydrogens is 584 g/mol. The van der Waals surface area contributed by atoms with E-state index in [4.69, 9.17) is 4.98 Å². The van der Waals surface area contributed by atoms with Gasteiger partial charge >= 0.3 is 0 Å². The Kier molecular flexibility index (Phi) is 8.22. The molecule has 2 aromatic heterocycles. The summed E-state index contributed by atoms with van der Waals surface area (Å²) in [5, 5.41) is 10.5. The molecule has 0 N–H and O–H groups in total. The number of hydrogen-bond acceptors (Lipinski definition) is 6. The topological polar surface area (TPSA) is 67.2 Å². The molecule has 7 nitrogen and oxygen atoms in total. The number of benzene rings is 3. The second-order valence-electron chi connectivity index (χ2n) is 9.78. The summed E-state index contributed by atoms with van der Waals surface area (Å²) >= 11 is 4.87. The third kappa shape index (κ3) is 6.11. The molecular formula is C31H29BrN6OS. The van der Waals surface area contributed by atoms with Crippen LogP contribution in [0.25, 0.3) is 28.1 Å². The van der Waals surface area contributed by atoms with E-state index in [1.165, 1.54) is 22.9 Å². The molecule has 40 heavy (non-hydrogen) atoms. The van der Waals surface area contributed by atoms with Gasteiger partial charge in [-0.05, 0) is 29.3 Å². The van der Waals surface area contributed by atoms with Crippen molar-refractivity contribution < 1.29 is 4.79 Å². The van der Waals surface area contributed by atoms with Crippen molar-refractivity contribution in [3.63, 3.8) is 0 Å². The molecule has 3 aromatic carbocycles. The molecule has 9 heteroatoms. The van der Waals surface area contributed by atoms with Crippen LogP contribution in [-0.2, 0) is 11.3 Å². The highest BCUT2D eigenvalue weighted by Crippen LogP contribution is 2.28. The van der Waals surface area contributed by atoms with Crippen LogP contribution in [0.15, 0.2) is 94.6 Å². The number of halogens is 1. The van der Waals surface area contributed by atoms with Gasteiger partial charge < -0.3 is 9.47 Å². The van der Waals surface area contributed by atoms with E-state index < -0.39 is 0 Å². The van der Waals surface area contributed by atoms with Gasteiger partial charge in [0.15, 0.2) is 5.65 Å². The molecule has 3 heterocycles. The second-order valence-corrected chi connectivity index (χ2v) is 11.6. The fourth-order valence-corrected chi connectivity index (χ4v) is 5.93. The van der Waals surface area contributed by atoms with Gasteiger partial charge in [-0.1, -0.05) is 101 Å². The summed E-state index contributed by atoms with van der Waals surface area (Å²) in [4.78, 5) is 22.2. The minimum Gasteiger partial charge on any atom is -0.339 e. The number of carbonyl (C=O) groups excluding carboxylic acids is 1. The smallest absolute Gasteiger partial charge is 0.233 e. The van der Waals surface area contributed by atoms with Crippen LogP contribution in [0.3, 0.4) is 0 Å². The Hall–Kier alpha value is -3.53. The Labute approximate surface area is 246 Å². The first-order valence-corrected chi connectivity index (χ1v) is 15.1. The van der Waals surface area contributed by atoms with Crippen molar-refractivity contribution in [1.82, 2.24) is 29.5 Å². The van der Waals surface area contributed by atoms with E-state index in [1.807, 2.05) is 47.4 Å². The maximum atomic E-state index is 13.0. The molecule has 6 rings (SSSR count). The summed E-state index contributed by atoms with van der Waals surface area (Å²) < 4.78 is 3.23. The summed E-state index contributed by atoms with van der Waals surface area (Å²) in [5.41, 5.74) is 5.00. The standard InChI is InChI=1S/C31H29BrN6OS/c32-25-14-12-24(13-15-25)21-38-27-11-5-4-10-26(27)29-30(38)33-31(35-34-29)40-22-28(39)37-19-17-36(18-20-37)16-6-9-23-7-2-1-3-8-23/h1-15H,16-22H2/b9-6+. The Bertz CT molecular complexity index is 1650. The van der Waals surface area contributed by atoms with Gasteiger partial charge in [0.2, 0.25) is 11.1 Å². The zero-order valence-electron chi connectivity index (χ0n) is 22.0. The highest BCUT2D eigenvalue weighted by molar-refractivity contribution is 9.10. The van der Waals surface area contributed by atoms with Crippen LogP contribution in [0, 0.1) is 0 Å². The Morgan fingerprint density at radius 3 is 2.45 bits per heavy atom. The maximum Gasteiger partial charge on any atom is 0.233 e. The average molecular weight is 614 g/mol. The van der Waals surface area contributed by atoms with Crippen molar-refractivity contribution in [2.45, 2.75) is 11.7 Å². The lowest BCUT2D eigenvalue weighted by molar-refractivity contribution is -0.130. The molecule has 1 fully saturated rings. The minimum absolute atomic E-state index is 0.114. The van der Waals surface area contributed by atoms with Crippen LogP contribution >= 0.6 is 27.7 Å². The number of nitrogens with zero attached hydrogens (tertiary/aromatic N) is 6. The number of thioether (sulfide) groups is 1. The van der Waals surface area contributed by atoms with Crippen LogP contribution in [0.4, 0.5) is 0 Å². The number of amides is 1. The fourth-order valence-electron chi connectivity index (χ4n) is 4.98. The lowest BCUT2D eigenvalue weighted by Crippen LogP contribution is -2.49. The molecule has 202 valence electrons. The summed E-state index contributed by atoms with van der Waals surface area (Å²) in [6, 6.07) is 26.8. The van der Waals surface area contributed by atoms with Crippen molar-refractivity contribution in [2.75, 3.05) is 38.5 Å². The van der Waals surface area contributed by atoms with E-state index in [-0.39, 0.29) is 5.91 Å². The predicted molar refractivity (Wildman–Crippen MR) is 165 cm³/mol. The first kappa shape index (κ1) is 26.7. The predicted octanol–water partition coefficient (Wildman–Crippen LogP) is 5.74. The monoisotopic (exact) mass is 612 g/mol. The first-order chi connectivity index (χ1) is 19.6. The zero-order chi connectivity index (χ0) is 27.3. The lowest BCUT2D eigenvalue weighted by Gasteiger charge is -2.34. The minimum atomic E-state index is 0.114. The van der Waals surface area contributed by atoms with Gasteiger partial charge in [-0.15, -0.1) is 10.2 Å². The van der Waals surface area contributed by atoms with Gasteiger partial charge in [0.1, 0.15) is 5.52 Å². The van der Waals surface area contributed by atoms with Gasteiger partial charge in [0.05, 0.1) is 11.3 Å². The van der Waals surface area contributed by atoms with E-state index in [0.717, 1.165) is 59.3 Å². The van der Waals surface area contributed by atoms with Crippen LogP contribution in [0.1, 0.15) is 11.1 Å². The molecule has 5 aromatic rings. The van der Waals surface area contributed by atoms with E-state index >= 15 is 0 Å². The van der Waals surface area contributed by atoms with Gasteiger partial charge in [0.25, 0.3) is 0 Å². The number of carbonyl (C=O) groups is 1. The number of fused-ring (bicyclic) bond motifs is 3. The van der Waals surface area contributed by atoms with E-state index in [9.17, 15) is 4.79 Å². The van der Waals surface area contributed by atoms with Crippen molar-refractivity contribution in [1.29, 1.82) is 0 Å². The van der Waals surface area contributed by atoms with E-state index in [1.54, 1.807) is 0 Å². The molecule has 0 aliphatic carbocycles. The largest absolute Gasteiger partial charge is 0.339 e. The molecule has 1 amide bonds. The SMILES string of the molecule is O=C(CSc1nnc2c3ccccc3n(Cc3ccc(Br)cc3)c2n1)N1CCN(C/C=C/c2ccccc2)CC1. The van der Waals surface area contributed by atoms with Gasteiger partial charge in [-0.2, -0.15) is 0 Å². The number of hydrogen-bond donors (Lipinski definition) is 0. The number of rotatable bonds is 8. The van der Waals surface area contributed by atoms with E-state index in [0.29, 0.717) is 17.5 Å². The summed E-state index contributed by atoms with van der Waals surface area (Å²) in [5.74, 6) is 0.414. The van der Waals surface area contributed by atoms with E-state index in [2.05, 4.69) is 84.1 Å². The molecule has 1 aliphatic rings. The highest BCUT2D eigenvalue weighted by Gasteiger charge is 2.21. The third-order valence-electron chi connectivity index (χ3n) is 7.13. The molecule has 0 radical (unpaired) electrons. The van der Waals surface area contributed by atoms with Crippen LogP contribution in [0.5, 0.6) is 0 Å². The van der Waals surface area contributed by atoms with Crippen molar-refractivity contribution in [2.24, 2.45) is 0 Å². The van der Waals surface area contributed by atoms with Crippen LogP contribution in [0.2, 0.25) is 0 Å². The van der Waals surface area contributed by atoms with Crippen molar-refractivity contribution >= 4 is 61.7 Å². The molecule has 0 bridgehead atoms. The van der Waals surface area contributed by atoms with Gasteiger partial charge in [0, 0.05) is 49.1 Å². The zero-order valence-corrected chi connectivity index (χ0v) is 24.4. The van der Waals surface area contributed by atoms with Gasteiger partial charge in [-0.25, -0.2) is 4.98 Å². The highest BCUT2D eigenvalue weighted by atomic mass is 79.9. The molecule has 0 atom stereocenters. The normalized spacial score (nSPS) is 14.5. The van der Waals surface area contributed by atoms with Crippen LogP contribution in [-0.4, -0.2) is 73.9 Å². The molecule has 0 spiro atoms. The number of para-hydroxylation sites is 1. The molecule has 1 saturated heterocycles. The molecule has 0 saturated carbocycles. The summed E-state index contributed by atoms with van der Waals surface area (Å²) in [6.07, 6.45) is 4.34. The van der Waals surface area contributed by atoms with Gasteiger partial charge in [-0.3, -0.25) is 9.69 Å². The summed E-state index contributed by atoms with van der Waals surface area (Å²) in [7, 11) is 0. The lowest BCUT2D eigenvalue weighted by atomic mass is 10.2. The fraction of sp³-hybridized carbons (Fsp3) is 0.226. The Morgan fingerprint density at radius 1 is 0.900 bits per heavy atom. The quantitative estimate of drug-likeness (QED) is 0.208. The first-order valence-electron chi connectivity index (χ1n) is 13.3.